The molecular weight excluding hydrogens is 480 g/mol. The predicted molar refractivity (Wildman–Crippen MR) is 145 cm³/mol. The van der Waals surface area contributed by atoms with Crippen molar-refractivity contribution in [1.82, 2.24) is 35.1 Å². The molecule has 10 nitrogen and oxygen atoms in total. The maximum Gasteiger partial charge on any atom is 0.319 e. The lowest BCUT2D eigenvalue weighted by Crippen LogP contribution is -2.45. The lowest BCUT2D eigenvalue weighted by Gasteiger charge is -2.35. The molecule has 4 aromatic rings. The van der Waals surface area contributed by atoms with Crippen LogP contribution in [0, 0.1) is 0 Å². The quantitative estimate of drug-likeness (QED) is 0.318. The number of anilines is 1. The Labute approximate surface area is 222 Å². The minimum absolute atomic E-state index is 0.221. The fourth-order valence-electron chi connectivity index (χ4n) is 5.08. The van der Waals surface area contributed by atoms with Crippen LogP contribution >= 0.6 is 0 Å². The first kappa shape index (κ1) is 25.6. The van der Waals surface area contributed by atoms with Gasteiger partial charge < -0.3 is 14.2 Å². The van der Waals surface area contributed by atoms with Gasteiger partial charge in [-0.3, -0.25) is 9.69 Å². The molecule has 0 unspecified atom stereocenters. The molecule has 2 aromatic heterocycles. The summed E-state index contributed by atoms with van der Waals surface area (Å²) in [4.78, 5) is 21.6. The van der Waals surface area contributed by atoms with E-state index in [1.807, 2.05) is 18.2 Å². The number of carbonyl (C=O) groups is 1. The molecule has 0 aliphatic carbocycles. The Hall–Kier alpha value is -4.05. The van der Waals surface area contributed by atoms with Crippen LogP contribution in [0.1, 0.15) is 43.8 Å². The smallest absolute Gasteiger partial charge is 0.319 e. The number of benzene rings is 2. The number of carbonyl (C=O) groups excluding carboxylic acids is 1. The SMILES string of the molecule is CCCc1nc2c(n1Cc1ccc(-c3ccccc3-c3nn[nH]n3)cc1)CN(CC(=O)OC)CN2CCC. The van der Waals surface area contributed by atoms with Gasteiger partial charge in [0.2, 0.25) is 5.82 Å². The zero-order valence-corrected chi connectivity index (χ0v) is 22.2. The van der Waals surface area contributed by atoms with E-state index < -0.39 is 0 Å². The molecule has 10 heteroatoms. The first-order valence-electron chi connectivity index (χ1n) is 13.2. The zero-order chi connectivity index (χ0) is 26.5. The van der Waals surface area contributed by atoms with Crippen molar-refractivity contribution in [2.45, 2.75) is 46.2 Å². The number of H-pyrrole nitrogens is 1. The van der Waals surface area contributed by atoms with Crippen molar-refractivity contribution in [3.63, 3.8) is 0 Å². The number of hydrogen-bond donors (Lipinski definition) is 1. The number of aryl methyl sites for hydroxylation is 1. The molecule has 0 bridgehead atoms. The van der Waals surface area contributed by atoms with Gasteiger partial charge in [0.15, 0.2) is 5.82 Å². The monoisotopic (exact) mass is 514 g/mol. The van der Waals surface area contributed by atoms with Gasteiger partial charge in [-0.2, -0.15) is 5.21 Å². The van der Waals surface area contributed by atoms with Gasteiger partial charge in [-0.05, 0) is 34.7 Å². The maximum absolute atomic E-state index is 12.1. The van der Waals surface area contributed by atoms with Crippen LogP contribution < -0.4 is 4.90 Å². The molecule has 198 valence electrons. The molecule has 0 saturated carbocycles. The van der Waals surface area contributed by atoms with E-state index in [4.69, 9.17) is 9.72 Å². The summed E-state index contributed by atoms with van der Waals surface area (Å²) in [6.45, 7) is 7.56. The third-order valence-corrected chi connectivity index (χ3v) is 6.84. The molecule has 2 aromatic carbocycles. The number of methoxy groups -OCH3 is 1. The van der Waals surface area contributed by atoms with E-state index in [1.54, 1.807) is 0 Å². The van der Waals surface area contributed by atoms with Gasteiger partial charge in [-0.25, -0.2) is 4.98 Å². The third-order valence-electron chi connectivity index (χ3n) is 6.84. The number of nitrogens with one attached hydrogen (secondary N) is 1. The Balaban J connectivity index is 1.45. The van der Waals surface area contributed by atoms with Crippen LogP contribution in [0.25, 0.3) is 22.5 Å². The van der Waals surface area contributed by atoms with Gasteiger partial charge >= 0.3 is 5.97 Å². The topological polar surface area (TPSA) is 105 Å². The highest BCUT2D eigenvalue weighted by Crippen LogP contribution is 2.32. The average molecular weight is 515 g/mol. The van der Waals surface area contributed by atoms with Gasteiger partial charge in [0.25, 0.3) is 0 Å². The van der Waals surface area contributed by atoms with Crippen molar-refractivity contribution in [1.29, 1.82) is 0 Å². The number of tetrazole rings is 1. The van der Waals surface area contributed by atoms with Gasteiger partial charge in [0.05, 0.1) is 26.0 Å². The van der Waals surface area contributed by atoms with Crippen molar-refractivity contribution in [3.05, 3.63) is 65.6 Å². The van der Waals surface area contributed by atoms with Crippen LogP contribution in [-0.2, 0) is 29.0 Å². The highest BCUT2D eigenvalue weighted by Gasteiger charge is 2.30. The van der Waals surface area contributed by atoms with Crippen LogP contribution in [0.5, 0.6) is 0 Å². The fraction of sp³-hybridized carbons (Fsp3) is 0.393. The molecule has 1 aliphatic heterocycles. The number of aromatic nitrogens is 6. The number of aromatic amines is 1. The molecule has 0 atom stereocenters. The Morgan fingerprint density at radius 2 is 1.84 bits per heavy atom. The Morgan fingerprint density at radius 1 is 1.05 bits per heavy atom. The van der Waals surface area contributed by atoms with E-state index >= 15 is 0 Å². The predicted octanol–water partition coefficient (Wildman–Crippen LogP) is 3.89. The van der Waals surface area contributed by atoms with Crippen molar-refractivity contribution in [2.75, 3.05) is 31.8 Å². The maximum atomic E-state index is 12.1. The highest BCUT2D eigenvalue weighted by molar-refractivity contribution is 5.80. The second-order valence-electron chi connectivity index (χ2n) is 9.58. The third kappa shape index (κ3) is 5.31. The molecule has 0 fully saturated rings. The first-order valence-corrected chi connectivity index (χ1v) is 13.2. The number of imidazole rings is 1. The summed E-state index contributed by atoms with van der Waals surface area (Å²) in [6, 6.07) is 16.7. The molecule has 1 aliphatic rings. The van der Waals surface area contributed by atoms with Crippen molar-refractivity contribution < 1.29 is 9.53 Å². The van der Waals surface area contributed by atoms with E-state index in [-0.39, 0.29) is 12.5 Å². The van der Waals surface area contributed by atoms with E-state index in [0.29, 0.717) is 19.0 Å². The minimum atomic E-state index is -0.221. The summed E-state index contributed by atoms with van der Waals surface area (Å²) in [7, 11) is 1.44. The molecule has 3 heterocycles. The summed E-state index contributed by atoms with van der Waals surface area (Å²) in [5, 5.41) is 14.6. The van der Waals surface area contributed by atoms with E-state index in [0.717, 1.165) is 66.4 Å². The first-order chi connectivity index (χ1) is 18.6. The number of hydrogen-bond acceptors (Lipinski definition) is 8. The highest BCUT2D eigenvalue weighted by atomic mass is 16.5. The largest absolute Gasteiger partial charge is 0.468 e. The van der Waals surface area contributed by atoms with Gasteiger partial charge in [-0.15, -0.1) is 10.2 Å². The zero-order valence-electron chi connectivity index (χ0n) is 22.2. The second-order valence-corrected chi connectivity index (χ2v) is 9.58. The average Bonchev–Trinajstić information content (AvgIpc) is 3.59. The van der Waals surface area contributed by atoms with Crippen LogP contribution in [0.15, 0.2) is 48.5 Å². The Bertz CT molecular complexity index is 1360. The van der Waals surface area contributed by atoms with Crippen molar-refractivity contribution in [2.24, 2.45) is 0 Å². The van der Waals surface area contributed by atoms with Crippen molar-refractivity contribution in [3.8, 4) is 22.5 Å². The summed E-state index contributed by atoms with van der Waals surface area (Å²) in [5.41, 5.74) is 5.43. The Morgan fingerprint density at radius 3 is 2.53 bits per heavy atom. The number of esters is 1. The minimum Gasteiger partial charge on any atom is -0.468 e. The van der Waals surface area contributed by atoms with Crippen molar-refractivity contribution >= 4 is 11.8 Å². The number of ether oxygens (including phenoxy) is 1. The van der Waals surface area contributed by atoms with Gasteiger partial charge in [-0.1, -0.05) is 62.4 Å². The lowest BCUT2D eigenvalue weighted by atomic mass is 9.98. The summed E-state index contributed by atoms with van der Waals surface area (Å²) >= 11 is 0. The normalized spacial score (nSPS) is 13.5. The Kier molecular flexibility index (Phi) is 7.78. The summed E-state index contributed by atoms with van der Waals surface area (Å²) < 4.78 is 7.29. The fourth-order valence-corrected chi connectivity index (χ4v) is 5.08. The van der Waals surface area contributed by atoms with E-state index in [2.05, 4.69) is 79.2 Å². The lowest BCUT2D eigenvalue weighted by molar-refractivity contribution is -0.142. The summed E-state index contributed by atoms with van der Waals surface area (Å²) in [6.07, 6.45) is 2.93. The van der Waals surface area contributed by atoms with Crippen LogP contribution in [-0.4, -0.2) is 67.9 Å². The summed E-state index contributed by atoms with van der Waals surface area (Å²) in [5.74, 6) is 2.49. The van der Waals surface area contributed by atoms with E-state index in [1.165, 1.54) is 12.7 Å². The standard InChI is InChI=1S/C28H34N8O2/c1-4-8-25-29-28-24(17-34(18-26(37)38-3)19-35(28)15-5-2)36(25)16-20-11-13-21(14-12-20)22-9-6-7-10-23(22)27-30-32-33-31-27/h6-7,9-14H,4-5,8,15-19H2,1-3H3,(H,30,31,32,33). The molecular formula is C28H34N8O2. The second kappa shape index (κ2) is 11.6. The van der Waals surface area contributed by atoms with Gasteiger partial charge in [0.1, 0.15) is 5.82 Å². The van der Waals surface area contributed by atoms with Crippen LogP contribution in [0.4, 0.5) is 5.82 Å². The number of fused-ring (bicyclic) bond motifs is 1. The number of rotatable bonds is 10. The molecule has 0 radical (unpaired) electrons. The molecule has 0 saturated heterocycles. The van der Waals surface area contributed by atoms with Gasteiger partial charge in [0, 0.05) is 31.6 Å². The number of nitrogens with zero attached hydrogens (tertiary/aromatic N) is 7. The van der Waals surface area contributed by atoms with Crippen LogP contribution in [0.3, 0.4) is 0 Å². The molecule has 0 spiro atoms. The van der Waals surface area contributed by atoms with E-state index in [9.17, 15) is 4.79 Å². The molecule has 0 amide bonds. The molecule has 38 heavy (non-hydrogen) atoms. The van der Waals surface area contributed by atoms with Crippen LogP contribution in [0.2, 0.25) is 0 Å². The molecule has 1 N–H and O–H groups in total. The molecule has 5 rings (SSSR count).